The van der Waals surface area contributed by atoms with E-state index in [1.165, 1.54) is 17.4 Å². The minimum Gasteiger partial charge on any atom is -0.410 e. The highest BCUT2D eigenvalue weighted by Gasteiger charge is 2.24. The van der Waals surface area contributed by atoms with Crippen LogP contribution in [0, 0.1) is 6.92 Å². The van der Waals surface area contributed by atoms with Gasteiger partial charge in [0.15, 0.2) is 5.78 Å². The van der Waals surface area contributed by atoms with Crippen LogP contribution in [0.1, 0.15) is 44.9 Å². The first-order chi connectivity index (χ1) is 16.3. The van der Waals surface area contributed by atoms with E-state index in [2.05, 4.69) is 10.2 Å². The first-order valence-electron chi connectivity index (χ1n) is 10.4. The third-order valence-electron chi connectivity index (χ3n) is 5.16. The Morgan fingerprint density at radius 1 is 1.06 bits per heavy atom. The van der Waals surface area contributed by atoms with Crippen LogP contribution in [-0.2, 0) is 12.8 Å². The number of rotatable bonds is 7. The van der Waals surface area contributed by atoms with Gasteiger partial charge in [-0.05, 0) is 49.2 Å². The topological polar surface area (TPSA) is 100 Å². The van der Waals surface area contributed by atoms with Gasteiger partial charge in [0.25, 0.3) is 0 Å². The van der Waals surface area contributed by atoms with Gasteiger partial charge in [-0.15, -0.1) is 21.5 Å². The highest BCUT2D eigenvalue weighted by atomic mass is 35.5. The average Bonchev–Trinajstić information content (AvgIpc) is 3.38. The highest BCUT2D eigenvalue weighted by molar-refractivity contribution is 7.15. The molecule has 174 valence electrons. The molecule has 2 aromatic heterocycles. The second-order valence-electron chi connectivity index (χ2n) is 7.44. The molecule has 2 aromatic carbocycles. The standard InChI is InChI=1S/C24H20Cl2N4O3S/c1-3-16-12-18(22(31)17-6-4-5-7-19(17)25)23(34-16)30-13(2)28-29-21(30)10-14-8-9-15(11-20(14)26)33-24(27)32/h4-9,11-12H,3,10H2,1-2H3,(H2,27,32). The summed E-state index contributed by atoms with van der Waals surface area (Å²) in [6.07, 6.45) is 0.201. The van der Waals surface area contributed by atoms with Crippen LogP contribution >= 0.6 is 34.5 Å². The largest absolute Gasteiger partial charge is 0.410 e. The Morgan fingerprint density at radius 2 is 1.82 bits per heavy atom. The molecule has 0 spiro atoms. The molecule has 0 fully saturated rings. The number of halogens is 2. The zero-order valence-electron chi connectivity index (χ0n) is 18.3. The maximum atomic E-state index is 13.5. The summed E-state index contributed by atoms with van der Waals surface area (Å²) >= 11 is 14.2. The summed E-state index contributed by atoms with van der Waals surface area (Å²) in [7, 11) is 0. The summed E-state index contributed by atoms with van der Waals surface area (Å²) in [4.78, 5) is 25.5. The lowest BCUT2D eigenvalue weighted by Gasteiger charge is -2.11. The minimum absolute atomic E-state index is 0.165. The molecule has 4 rings (SSSR count). The van der Waals surface area contributed by atoms with Crippen molar-refractivity contribution in [2.45, 2.75) is 26.7 Å². The molecule has 2 N–H and O–H groups in total. The third-order valence-corrected chi connectivity index (χ3v) is 7.11. The number of aryl methyl sites for hydroxylation is 2. The Kier molecular flexibility index (Phi) is 7.02. The van der Waals surface area contributed by atoms with Crippen LogP contribution in [0.15, 0.2) is 48.5 Å². The Bertz CT molecular complexity index is 1400. The van der Waals surface area contributed by atoms with E-state index in [-0.39, 0.29) is 11.5 Å². The lowest BCUT2D eigenvalue weighted by Crippen LogP contribution is -2.16. The van der Waals surface area contributed by atoms with Gasteiger partial charge in [-0.25, -0.2) is 4.79 Å². The molecule has 4 aromatic rings. The summed E-state index contributed by atoms with van der Waals surface area (Å²) in [5.41, 5.74) is 6.79. The van der Waals surface area contributed by atoms with Crippen molar-refractivity contribution in [3.05, 3.63) is 91.8 Å². The number of hydrogen-bond acceptors (Lipinski definition) is 6. The minimum atomic E-state index is -0.917. The van der Waals surface area contributed by atoms with Crippen molar-refractivity contribution in [3.8, 4) is 10.8 Å². The van der Waals surface area contributed by atoms with E-state index < -0.39 is 6.09 Å². The molecule has 0 saturated carbocycles. The van der Waals surface area contributed by atoms with E-state index in [1.54, 1.807) is 36.4 Å². The van der Waals surface area contributed by atoms with Gasteiger partial charge in [-0.2, -0.15) is 0 Å². The number of ether oxygens (including phenoxy) is 1. The van der Waals surface area contributed by atoms with Crippen LogP contribution in [-0.4, -0.2) is 26.6 Å². The molecule has 34 heavy (non-hydrogen) atoms. The van der Waals surface area contributed by atoms with Crippen molar-refractivity contribution in [3.63, 3.8) is 0 Å². The number of benzene rings is 2. The second kappa shape index (κ2) is 9.97. The fourth-order valence-corrected chi connectivity index (χ4v) is 5.15. The quantitative estimate of drug-likeness (QED) is 0.314. The number of hydrogen-bond donors (Lipinski definition) is 1. The predicted octanol–water partition coefficient (Wildman–Crippen LogP) is 5.79. The van der Waals surface area contributed by atoms with Crippen LogP contribution in [0.3, 0.4) is 0 Å². The van der Waals surface area contributed by atoms with E-state index >= 15 is 0 Å². The number of amides is 1. The summed E-state index contributed by atoms with van der Waals surface area (Å²) in [6, 6.07) is 13.7. The third kappa shape index (κ3) is 4.84. The number of thiophene rings is 1. The van der Waals surface area contributed by atoms with E-state index in [9.17, 15) is 9.59 Å². The fraction of sp³-hybridized carbons (Fsp3) is 0.167. The molecular formula is C24H20Cl2N4O3S. The van der Waals surface area contributed by atoms with E-state index in [1.807, 2.05) is 24.5 Å². The maximum absolute atomic E-state index is 13.5. The molecule has 0 atom stereocenters. The van der Waals surface area contributed by atoms with Crippen molar-refractivity contribution in [2.24, 2.45) is 5.73 Å². The average molecular weight is 515 g/mol. The normalized spacial score (nSPS) is 10.9. The Balaban J connectivity index is 1.76. The van der Waals surface area contributed by atoms with E-state index in [0.717, 1.165) is 21.9 Å². The van der Waals surface area contributed by atoms with Crippen molar-refractivity contribution >= 4 is 46.4 Å². The summed E-state index contributed by atoms with van der Waals surface area (Å²) in [6.45, 7) is 3.87. The maximum Gasteiger partial charge on any atom is 0.409 e. The molecule has 10 heteroatoms. The van der Waals surface area contributed by atoms with Crippen molar-refractivity contribution < 1.29 is 14.3 Å². The number of nitrogens with zero attached hydrogens (tertiary/aromatic N) is 3. The number of aromatic nitrogens is 3. The van der Waals surface area contributed by atoms with Crippen LogP contribution in [0.5, 0.6) is 5.75 Å². The van der Waals surface area contributed by atoms with Gasteiger partial charge in [0, 0.05) is 21.9 Å². The molecular weight excluding hydrogens is 495 g/mol. The van der Waals surface area contributed by atoms with Crippen LogP contribution in [0.25, 0.3) is 5.00 Å². The van der Waals surface area contributed by atoms with Gasteiger partial charge in [0.05, 0.1) is 10.6 Å². The summed E-state index contributed by atoms with van der Waals surface area (Å²) in [5, 5.41) is 10.1. The lowest BCUT2D eigenvalue weighted by molar-refractivity contribution is 0.103. The van der Waals surface area contributed by atoms with Gasteiger partial charge >= 0.3 is 6.09 Å². The molecule has 2 heterocycles. The number of carbonyl (C=O) groups is 2. The first kappa shape index (κ1) is 23.9. The molecule has 0 aliphatic rings. The highest BCUT2D eigenvalue weighted by Crippen LogP contribution is 2.33. The van der Waals surface area contributed by atoms with Crippen molar-refractivity contribution in [2.75, 3.05) is 0 Å². The Labute approximate surface area is 210 Å². The first-order valence-corrected chi connectivity index (χ1v) is 11.9. The van der Waals surface area contributed by atoms with Gasteiger partial charge in [0.2, 0.25) is 0 Å². The van der Waals surface area contributed by atoms with Crippen LogP contribution in [0.4, 0.5) is 4.79 Å². The molecule has 0 radical (unpaired) electrons. The number of ketones is 1. The fourth-order valence-electron chi connectivity index (χ4n) is 3.53. The molecule has 0 aliphatic carbocycles. The van der Waals surface area contributed by atoms with E-state index in [4.69, 9.17) is 33.7 Å². The molecule has 0 unspecified atom stereocenters. The number of primary amides is 1. The number of nitrogens with two attached hydrogens (primary N) is 1. The predicted molar refractivity (Wildman–Crippen MR) is 133 cm³/mol. The smallest absolute Gasteiger partial charge is 0.409 e. The summed E-state index contributed by atoms with van der Waals surface area (Å²) in [5.74, 6) is 1.33. The monoisotopic (exact) mass is 514 g/mol. The SMILES string of the molecule is CCc1cc(C(=O)c2ccccc2Cl)c(-n2c(C)nnc2Cc2ccc(OC(N)=O)cc2Cl)s1. The van der Waals surface area contributed by atoms with Crippen LogP contribution in [0.2, 0.25) is 10.0 Å². The Morgan fingerprint density at radius 3 is 2.50 bits per heavy atom. The van der Waals surface area contributed by atoms with Crippen molar-refractivity contribution in [1.29, 1.82) is 0 Å². The molecule has 1 amide bonds. The Hall–Kier alpha value is -3.20. The van der Waals surface area contributed by atoms with Gasteiger partial charge in [-0.3, -0.25) is 9.36 Å². The van der Waals surface area contributed by atoms with Gasteiger partial charge < -0.3 is 10.5 Å². The zero-order valence-corrected chi connectivity index (χ0v) is 20.7. The lowest BCUT2D eigenvalue weighted by atomic mass is 10.0. The van der Waals surface area contributed by atoms with Gasteiger partial charge in [-0.1, -0.05) is 48.3 Å². The van der Waals surface area contributed by atoms with Crippen molar-refractivity contribution in [1.82, 2.24) is 14.8 Å². The number of carbonyl (C=O) groups excluding carboxylic acids is 2. The molecule has 0 bridgehead atoms. The van der Waals surface area contributed by atoms with Gasteiger partial charge in [0.1, 0.15) is 22.4 Å². The van der Waals surface area contributed by atoms with E-state index in [0.29, 0.717) is 39.2 Å². The second-order valence-corrected chi connectivity index (χ2v) is 9.37. The molecule has 0 aliphatic heterocycles. The summed E-state index contributed by atoms with van der Waals surface area (Å²) < 4.78 is 6.75. The van der Waals surface area contributed by atoms with Crippen LogP contribution < -0.4 is 10.5 Å². The zero-order chi connectivity index (χ0) is 24.4. The molecule has 0 saturated heterocycles. The molecule has 7 nitrogen and oxygen atoms in total.